The fourth-order valence-corrected chi connectivity index (χ4v) is 3.94. The number of halogens is 1. The lowest BCUT2D eigenvalue weighted by Gasteiger charge is -2.26. The third kappa shape index (κ3) is 4.61. The summed E-state index contributed by atoms with van der Waals surface area (Å²) in [6.07, 6.45) is 4.33. The number of benzene rings is 2. The Balaban J connectivity index is 1.64. The third-order valence-electron chi connectivity index (χ3n) is 5.89. The summed E-state index contributed by atoms with van der Waals surface area (Å²) in [6.45, 7) is 4.69. The molecular formula is C26H24ClN3O3. The van der Waals surface area contributed by atoms with Crippen molar-refractivity contribution in [3.8, 4) is 0 Å². The standard InChI is InChI=1S/C26H24ClN3O3/c1-3-17(2)18-10-12-20(13-11-18)30-25(32)22(24(31)28-26(30)33)15-21-8-6-14-29(21)16-19-7-4-5-9-23(19)27/h4-15,17H,3,16H2,1-2H3,(H,28,31,33)/b22-15-/t17-/m1/s1. The van der Waals surface area contributed by atoms with Crippen molar-refractivity contribution in [2.45, 2.75) is 32.7 Å². The smallest absolute Gasteiger partial charge is 0.335 e. The number of anilines is 1. The topological polar surface area (TPSA) is 71.4 Å². The summed E-state index contributed by atoms with van der Waals surface area (Å²) in [5.41, 5.74) is 2.98. The third-order valence-corrected chi connectivity index (χ3v) is 6.26. The van der Waals surface area contributed by atoms with E-state index in [1.807, 2.05) is 53.2 Å². The molecule has 1 aliphatic heterocycles. The van der Waals surface area contributed by atoms with Crippen molar-refractivity contribution >= 4 is 41.2 Å². The maximum atomic E-state index is 13.2. The van der Waals surface area contributed by atoms with Gasteiger partial charge in [0.1, 0.15) is 5.57 Å². The van der Waals surface area contributed by atoms with Gasteiger partial charge in [-0.05, 0) is 59.9 Å². The summed E-state index contributed by atoms with van der Waals surface area (Å²) >= 11 is 6.28. The summed E-state index contributed by atoms with van der Waals surface area (Å²) in [7, 11) is 0. The van der Waals surface area contributed by atoms with Gasteiger partial charge in [-0.3, -0.25) is 14.9 Å². The van der Waals surface area contributed by atoms with E-state index in [9.17, 15) is 14.4 Å². The van der Waals surface area contributed by atoms with Crippen LogP contribution in [0.5, 0.6) is 0 Å². The zero-order valence-electron chi connectivity index (χ0n) is 18.4. The Bertz CT molecular complexity index is 1240. The van der Waals surface area contributed by atoms with Crippen molar-refractivity contribution in [3.05, 3.63) is 94.3 Å². The molecule has 1 N–H and O–H groups in total. The lowest BCUT2D eigenvalue weighted by atomic mass is 9.98. The number of nitrogens with zero attached hydrogens (tertiary/aromatic N) is 2. The van der Waals surface area contributed by atoms with Gasteiger partial charge in [-0.15, -0.1) is 0 Å². The quantitative estimate of drug-likeness (QED) is 0.396. The lowest BCUT2D eigenvalue weighted by molar-refractivity contribution is -0.122. The molecule has 6 nitrogen and oxygen atoms in total. The molecule has 4 amide bonds. The number of urea groups is 1. The van der Waals surface area contributed by atoms with Gasteiger partial charge in [0.25, 0.3) is 11.8 Å². The minimum absolute atomic E-state index is 0.111. The van der Waals surface area contributed by atoms with Crippen LogP contribution in [0.25, 0.3) is 6.08 Å². The highest BCUT2D eigenvalue weighted by molar-refractivity contribution is 6.39. The Hall–Kier alpha value is -3.64. The normalized spacial score (nSPS) is 16.3. The molecule has 1 fully saturated rings. The van der Waals surface area contributed by atoms with E-state index in [-0.39, 0.29) is 5.57 Å². The molecule has 3 aromatic rings. The minimum atomic E-state index is -0.759. The molecule has 7 heteroatoms. The van der Waals surface area contributed by atoms with Crippen LogP contribution in [0.3, 0.4) is 0 Å². The molecule has 0 spiro atoms. The lowest BCUT2D eigenvalue weighted by Crippen LogP contribution is -2.54. The maximum Gasteiger partial charge on any atom is 0.335 e. The van der Waals surface area contributed by atoms with Crippen LogP contribution in [0.1, 0.15) is 43.0 Å². The Labute approximate surface area is 197 Å². The number of nitrogens with one attached hydrogen (secondary N) is 1. The van der Waals surface area contributed by atoms with Crippen LogP contribution in [0.2, 0.25) is 5.02 Å². The van der Waals surface area contributed by atoms with Crippen LogP contribution < -0.4 is 10.2 Å². The predicted octanol–water partition coefficient (Wildman–Crippen LogP) is 5.37. The first-order chi connectivity index (χ1) is 15.9. The van der Waals surface area contributed by atoms with Gasteiger partial charge in [-0.25, -0.2) is 9.69 Å². The van der Waals surface area contributed by atoms with Gasteiger partial charge in [-0.1, -0.05) is 55.8 Å². The highest BCUT2D eigenvalue weighted by Gasteiger charge is 2.37. The van der Waals surface area contributed by atoms with Crippen molar-refractivity contribution in [2.24, 2.45) is 0 Å². The van der Waals surface area contributed by atoms with Crippen molar-refractivity contribution in [2.75, 3.05) is 4.90 Å². The van der Waals surface area contributed by atoms with Crippen LogP contribution in [0.4, 0.5) is 10.5 Å². The summed E-state index contributed by atoms with van der Waals surface area (Å²) in [6, 6.07) is 17.6. The largest absolute Gasteiger partial charge is 0.343 e. The van der Waals surface area contributed by atoms with Crippen LogP contribution in [-0.4, -0.2) is 22.4 Å². The van der Waals surface area contributed by atoms with E-state index in [0.717, 1.165) is 22.4 Å². The summed E-state index contributed by atoms with van der Waals surface area (Å²) in [5, 5.41) is 2.91. The number of aromatic nitrogens is 1. The summed E-state index contributed by atoms with van der Waals surface area (Å²) < 4.78 is 1.89. The van der Waals surface area contributed by atoms with E-state index in [2.05, 4.69) is 19.2 Å². The van der Waals surface area contributed by atoms with Gasteiger partial charge in [0.15, 0.2) is 0 Å². The highest BCUT2D eigenvalue weighted by Crippen LogP contribution is 2.26. The Kier molecular flexibility index (Phi) is 6.47. The molecule has 4 rings (SSSR count). The summed E-state index contributed by atoms with van der Waals surface area (Å²) in [5.74, 6) is -1.01. The van der Waals surface area contributed by atoms with Gasteiger partial charge in [0, 0.05) is 23.5 Å². The van der Waals surface area contributed by atoms with Crippen molar-refractivity contribution < 1.29 is 14.4 Å². The first-order valence-electron chi connectivity index (χ1n) is 10.8. The average molecular weight is 462 g/mol. The first-order valence-corrected chi connectivity index (χ1v) is 11.2. The zero-order chi connectivity index (χ0) is 23.5. The van der Waals surface area contributed by atoms with E-state index < -0.39 is 17.8 Å². The molecular weight excluding hydrogens is 438 g/mol. The molecule has 1 aromatic heterocycles. The second kappa shape index (κ2) is 9.46. The minimum Gasteiger partial charge on any atom is -0.343 e. The van der Waals surface area contributed by atoms with Gasteiger partial charge in [0.2, 0.25) is 0 Å². The Morgan fingerprint density at radius 2 is 1.73 bits per heavy atom. The number of carbonyl (C=O) groups excluding carboxylic acids is 3. The SMILES string of the molecule is CC[C@@H](C)c1ccc(N2C(=O)NC(=O)/C(=C/c3cccn3Cc3ccccc3Cl)C2=O)cc1. The van der Waals surface area contributed by atoms with Crippen LogP contribution in [0, 0.1) is 0 Å². The number of hydrogen-bond acceptors (Lipinski definition) is 3. The Morgan fingerprint density at radius 3 is 2.42 bits per heavy atom. The van der Waals surface area contributed by atoms with Gasteiger partial charge < -0.3 is 4.57 Å². The zero-order valence-corrected chi connectivity index (χ0v) is 19.2. The number of carbonyl (C=O) groups is 3. The molecule has 0 unspecified atom stereocenters. The number of hydrogen-bond donors (Lipinski definition) is 1. The fourth-order valence-electron chi connectivity index (χ4n) is 3.74. The molecule has 1 saturated heterocycles. The fraction of sp³-hybridized carbons (Fsp3) is 0.192. The van der Waals surface area contributed by atoms with Crippen molar-refractivity contribution in [1.82, 2.24) is 9.88 Å². The molecule has 1 aliphatic rings. The molecule has 168 valence electrons. The number of rotatable bonds is 6. The van der Waals surface area contributed by atoms with E-state index in [4.69, 9.17) is 11.6 Å². The average Bonchev–Trinajstić information content (AvgIpc) is 3.24. The van der Waals surface area contributed by atoms with Crippen molar-refractivity contribution in [1.29, 1.82) is 0 Å². The van der Waals surface area contributed by atoms with E-state index >= 15 is 0 Å². The van der Waals surface area contributed by atoms with Crippen molar-refractivity contribution in [3.63, 3.8) is 0 Å². The molecule has 0 bridgehead atoms. The number of imide groups is 2. The van der Waals surface area contributed by atoms with Gasteiger partial charge in [-0.2, -0.15) is 0 Å². The van der Waals surface area contributed by atoms with E-state index in [1.54, 1.807) is 18.2 Å². The van der Waals surface area contributed by atoms with Crippen LogP contribution in [0.15, 0.2) is 72.4 Å². The second-order valence-corrected chi connectivity index (χ2v) is 8.42. The molecule has 1 atom stereocenters. The molecule has 2 aromatic carbocycles. The predicted molar refractivity (Wildman–Crippen MR) is 129 cm³/mol. The molecule has 2 heterocycles. The molecule has 33 heavy (non-hydrogen) atoms. The summed E-state index contributed by atoms with van der Waals surface area (Å²) in [4.78, 5) is 39.3. The second-order valence-electron chi connectivity index (χ2n) is 8.01. The number of amides is 4. The van der Waals surface area contributed by atoms with Gasteiger partial charge in [0.05, 0.1) is 5.69 Å². The highest BCUT2D eigenvalue weighted by atomic mass is 35.5. The van der Waals surface area contributed by atoms with Gasteiger partial charge >= 0.3 is 6.03 Å². The molecule has 0 aliphatic carbocycles. The monoisotopic (exact) mass is 461 g/mol. The molecule has 0 radical (unpaired) electrons. The van der Waals surface area contributed by atoms with Crippen LogP contribution >= 0.6 is 11.6 Å². The number of barbiturate groups is 1. The van der Waals surface area contributed by atoms with E-state index in [1.165, 1.54) is 6.08 Å². The van der Waals surface area contributed by atoms with Crippen LogP contribution in [-0.2, 0) is 16.1 Å². The Morgan fingerprint density at radius 1 is 1.00 bits per heavy atom. The van der Waals surface area contributed by atoms with E-state index in [0.29, 0.717) is 28.9 Å². The first kappa shape index (κ1) is 22.6. The molecule has 0 saturated carbocycles. The maximum absolute atomic E-state index is 13.2.